The smallest absolute Gasteiger partial charge is 0.320 e. The van der Waals surface area contributed by atoms with E-state index in [9.17, 15) is 4.79 Å². The van der Waals surface area contributed by atoms with Gasteiger partial charge in [-0.15, -0.1) is 0 Å². The molecule has 0 saturated carbocycles. The number of hydrogen-bond donors (Lipinski definition) is 1. The second kappa shape index (κ2) is 3.62. The summed E-state index contributed by atoms with van der Waals surface area (Å²) in [5.74, 6) is -0.501. The van der Waals surface area contributed by atoms with Crippen LogP contribution < -0.4 is 0 Å². The van der Waals surface area contributed by atoms with Gasteiger partial charge < -0.3 is 9.53 Å². The molecule has 0 spiro atoms. The van der Waals surface area contributed by atoms with E-state index in [4.69, 9.17) is 5.11 Å². The molecule has 1 unspecified atom stereocenters. The molecule has 0 aliphatic carbocycles. The molecule has 1 atom stereocenters. The molecule has 0 saturated heterocycles. The summed E-state index contributed by atoms with van der Waals surface area (Å²) in [5, 5.41) is 8.67. The Labute approximate surface area is 51.2 Å². The first kappa shape index (κ1) is 7.65. The maximum Gasteiger partial charge on any atom is 0.320 e. The summed E-state index contributed by atoms with van der Waals surface area (Å²) in [4.78, 5) is 10.3. The summed E-state index contributed by atoms with van der Waals surface area (Å²) in [6.45, 7) is 1.73. The van der Waals surface area contributed by atoms with Gasteiger partial charge in [0.2, 0.25) is 10.5 Å². The van der Waals surface area contributed by atoms with E-state index in [-0.39, 0.29) is 0 Å². The molecule has 8 heavy (non-hydrogen) atoms. The minimum atomic E-state index is -0.910. The predicted molar refractivity (Wildman–Crippen MR) is 32.3 cm³/mol. The lowest BCUT2D eigenvalue weighted by molar-refractivity contribution is -0.143. The summed E-state index contributed by atoms with van der Waals surface area (Å²) in [6, 6.07) is 0. The zero-order valence-corrected chi connectivity index (χ0v) is 7.05. The third-order valence-electron chi connectivity index (χ3n) is 0.860. The number of aliphatic hydroxyl groups is 1. The van der Waals surface area contributed by atoms with Crippen molar-refractivity contribution in [3.63, 3.8) is 0 Å². The van der Waals surface area contributed by atoms with E-state index in [2.05, 4.69) is 4.43 Å². The summed E-state index contributed by atoms with van der Waals surface area (Å²) in [5.41, 5.74) is 0. The first-order chi connectivity index (χ1) is 3.72. The summed E-state index contributed by atoms with van der Waals surface area (Å²) < 4.78 is 4.35. The van der Waals surface area contributed by atoms with Crippen molar-refractivity contribution in [2.45, 2.75) is 19.4 Å². The molecule has 4 heteroatoms. The lowest BCUT2D eigenvalue weighted by Crippen LogP contribution is -2.20. The van der Waals surface area contributed by atoms with Gasteiger partial charge in [0.15, 0.2) is 0 Å². The van der Waals surface area contributed by atoms with Gasteiger partial charge in [0.05, 0.1) is 0 Å². The maximum absolute atomic E-state index is 10.3. The number of carbonyl (C=O) groups excluding carboxylic acids is 1. The molecule has 0 aromatic rings. The van der Waals surface area contributed by atoms with Crippen LogP contribution in [0.1, 0.15) is 13.3 Å². The Morgan fingerprint density at radius 3 is 2.62 bits per heavy atom. The van der Waals surface area contributed by atoms with E-state index in [1.807, 2.05) is 0 Å². The number of aliphatic hydroxyl groups excluding tert-OH is 1. The standard InChI is InChI=1S/C4H10O3Si/c1-2-3(5)4(6)7-8/h3,5H,2H2,1,8H3. The monoisotopic (exact) mass is 134 g/mol. The Kier molecular flexibility index (Phi) is 3.46. The van der Waals surface area contributed by atoms with Crippen LogP contribution in [0.2, 0.25) is 0 Å². The van der Waals surface area contributed by atoms with Crippen LogP contribution in [0.5, 0.6) is 0 Å². The Morgan fingerprint density at radius 1 is 2.00 bits per heavy atom. The van der Waals surface area contributed by atoms with Crippen molar-refractivity contribution in [2.75, 3.05) is 0 Å². The van der Waals surface area contributed by atoms with Crippen molar-refractivity contribution < 1.29 is 14.3 Å². The topological polar surface area (TPSA) is 46.5 Å². The van der Waals surface area contributed by atoms with E-state index >= 15 is 0 Å². The minimum absolute atomic E-state index is 0.366. The predicted octanol–water partition coefficient (Wildman–Crippen LogP) is -1.42. The van der Waals surface area contributed by atoms with Crippen molar-refractivity contribution in [1.82, 2.24) is 0 Å². The van der Waals surface area contributed by atoms with Crippen LogP contribution in [0.4, 0.5) is 0 Å². The fourth-order valence-corrected chi connectivity index (χ4v) is 0.575. The van der Waals surface area contributed by atoms with Crippen LogP contribution in [0.15, 0.2) is 0 Å². The first-order valence-corrected chi connectivity index (χ1v) is 3.30. The molecule has 48 valence electrons. The van der Waals surface area contributed by atoms with Gasteiger partial charge >= 0.3 is 5.97 Å². The van der Waals surface area contributed by atoms with E-state index in [1.54, 1.807) is 6.92 Å². The number of rotatable bonds is 2. The lowest BCUT2D eigenvalue weighted by atomic mass is 10.3. The van der Waals surface area contributed by atoms with E-state index in [0.717, 1.165) is 0 Å². The van der Waals surface area contributed by atoms with E-state index < -0.39 is 12.1 Å². The molecule has 0 aromatic heterocycles. The highest BCUT2D eigenvalue weighted by molar-refractivity contribution is 6.06. The Bertz CT molecular complexity index is 83.4. The zero-order valence-electron chi connectivity index (χ0n) is 5.05. The summed E-state index contributed by atoms with van der Waals surface area (Å²) in [7, 11) is 0.366. The van der Waals surface area contributed by atoms with Crippen LogP contribution in [0.3, 0.4) is 0 Å². The van der Waals surface area contributed by atoms with Crippen molar-refractivity contribution in [3.8, 4) is 0 Å². The van der Waals surface area contributed by atoms with Gasteiger partial charge in [0, 0.05) is 0 Å². The molecule has 0 fully saturated rings. The molecule has 0 heterocycles. The van der Waals surface area contributed by atoms with Gasteiger partial charge in [0.25, 0.3) is 0 Å². The van der Waals surface area contributed by atoms with Gasteiger partial charge in [-0.05, 0) is 6.42 Å². The molecule has 3 nitrogen and oxygen atoms in total. The molecule has 0 aliphatic rings. The maximum atomic E-state index is 10.3. The molecule has 0 rings (SSSR count). The van der Waals surface area contributed by atoms with Crippen LogP contribution in [0.25, 0.3) is 0 Å². The van der Waals surface area contributed by atoms with Crippen molar-refractivity contribution >= 4 is 16.5 Å². The molecule has 0 aromatic carbocycles. The minimum Gasteiger partial charge on any atom is -0.527 e. The van der Waals surface area contributed by atoms with Gasteiger partial charge in [-0.1, -0.05) is 6.92 Å². The highest BCUT2D eigenvalue weighted by Gasteiger charge is 2.09. The van der Waals surface area contributed by atoms with Gasteiger partial charge in [-0.2, -0.15) is 0 Å². The third-order valence-corrected chi connectivity index (χ3v) is 1.26. The first-order valence-electron chi connectivity index (χ1n) is 2.48. The molecule has 0 aliphatic heterocycles. The molecule has 0 bridgehead atoms. The van der Waals surface area contributed by atoms with Gasteiger partial charge in [-0.3, -0.25) is 4.79 Å². The number of carbonyl (C=O) groups is 1. The van der Waals surface area contributed by atoms with Crippen LogP contribution in [0, 0.1) is 0 Å². The molecular weight excluding hydrogens is 124 g/mol. The average Bonchev–Trinajstić information content (AvgIpc) is 1.84. The SMILES string of the molecule is CCC(O)C(=O)O[SiH3]. The van der Waals surface area contributed by atoms with Crippen LogP contribution in [-0.2, 0) is 9.22 Å². The summed E-state index contributed by atoms with van der Waals surface area (Å²) in [6.07, 6.45) is -0.478. The van der Waals surface area contributed by atoms with Gasteiger partial charge in [-0.25, -0.2) is 0 Å². The second-order valence-corrected chi connectivity index (χ2v) is 1.86. The molecule has 0 radical (unpaired) electrons. The Hall–Kier alpha value is -0.353. The van der Waals surface area contributed by atoms with E-state index in [1.165, 1.54) is 0 Å². The van der Waals surface area contributed by atoms with Crippen molar-refractivity contribution in [3.05, 3.63) is 0 Å². The summed E-state index contributed by atoms with van der Waals surface area (Å²) >= 11 is 0. The molecular formula is C4H10O3Si. The van der Waals surface area contributed by atoms with Gasteiger partial charge in [0.1, 0.15) is 6.10 Å². The largest absolute Gasteiger partial charge is 0.527 e. The Morgan fingerprint density at radius 2 is 2.50 bits per heavy atom. The highest BCUT2D eigenvalue weighted by Crippen LogP contribution is 1.90. The fourth-order valence-electron chi connectivity index (χ4n) is 0.303. The molecule has 1 N–H and O–H groups in total. The normalized spacial score (nSPS) is 13.2. The average molecular weight is 134 g/mol. The van der Waals surface area contributed by atoms with Crippen molar-refractivity contribution in [2.24, 2.45) is 0 Å². The van der Waals surface area contributed by atoms with E-state index in [0.29, 0.717) is 16.9 Å². The van der Waals surface area contributed by atoms with Crippen LogP contribution in [-0.4, -0.2) is 27.7 Å². The van der Waals surface area contributed by atoms with Crippen molar-refractivity contribution in [1.29, 1.82) is 0 Å². The Balaban J connectivity index is 3.46. The lowest BCUT2D eigenvalue weighted by Gasteiger charge is -2.02. The molecule has 0 amide bonds. The second-order valence-electron chi connectivity index (χ2n) is 1.45. The number of hydrogen-bond acceptors (Lipinski definition) is 3. The quantitative estimate of drug-likeness (QED) is 0.471. The zero-order chi connectivity index (χ0) is 6.57. The third kappa shape index (κ3) is 2.09. The van der Waals surface area contributed by atoms with Crippen LogP contribution >= 0.6 is 0 Å². The fraction of sp³-hybridized carbons (Fsp3) is 0.750. The highest BCUT2D eigenvalue weighted by atomic mass is 28.2.